The lowest BCUT2D eigenvalue weighted by molar-refractivity contribution is -0.116. The van der Waals surface area contributed by atoms with Gasteiger partial charge in [0, 0.05) is 5.69 Å². The van der Waals surface area contributed by atoms with Crippen molar-refractivity contribution >= 4 is 22.9 Å². The number of hydrogen-bond acceptors (Lipinski definition) is 5. The Morgan fingerprint density at radius 2 is 2.17 bits per heavy atom. The van der Waals surface area contributed by atoms with Crippen LogP contribution in [0.5, 0.6) is 0 Å². The van der Waals surface area contributed by atoms with Crippen molar-refractivity contribution < 1.29 is 9.32 Å². The quantitative estimate of drug-likeness (QED) is 0.772. The highest BCUT2D eigenvalue weighted by atomic mass is 32.1. The third-order valence-electron chi connectivity index (χ3n) is 3.73. The van der Waals surface area contributed by atoms with Gasteiger partial charge >= 0.3 is 5.76 Å². The third kappa shape index (κ3) is 3.16. The molecular formula is C17H17N3O3S. The normalized spacial score (nSPS) is 10.8. The van der Waals surface area contributed by atoms with E-state index in [4.69, 9.17) is 4.52 Å². The van der Waals surface area contributed by atoms with Crippen LogP contribution < -0.4 is 11.1 Å². The van der Waals surface area contributed by atoms with Gasteiger partial charge in [0.15, 0.2) is 5.82 Å². The van der Waals surface area contributed by atoms with Crippen LogP contribution in [0.2, 0.25) is 0 Å². The van der Waals surface area contributed by atoms with Gasteiger partial charge in [0.25, 0.3) is 0 Å². The number of hydrogen-bond donors (Lipinski definition) is 1. The summed E-state index contributed by atoms with van der Waals surface area (Å²) in [4.78, 5) is 25.1. The fraction of sp³-hybridized carbons (Fsp3) is 0.235. The van der Waals surface area contributed by atoms with Crippen molar-refractivity contribution in [2.24, 2.45) is 0 Å². The molecular weight excluding hydrogens is 326 g/mol. The van der Waals surface area contributed by atoms with Crippen molar-refractivity contribution in [3.63, 3.8) is 0 Å². The van der Waals surface area contributed by atoms with E-state index in [1.165, 1.54) is 15.9 Å². The number of rotatable bonds is 5. The topological polar surface area (TPSA) is 77.1 Å². The standard InChI is InChI=1S/C17H17N3O3S/c1-3-12-7-4-6-11(2)15(12)18-14(21)10-20-16(19-23-17(20)22)13-8-5-9-24-13/h4-9H,3,10H2,1-2H3,(H,18,21). The highest BCUT2D eigenvalue weighted by Crippen LogP contribution is 2.23. The highest BCUT2D eigenvalue weighted by Gasteiger charge is 2.17. The number of nitrogens with zero attached hydrogens (tertiary/aromatic N) is 2. The summed E-state index contributed by atoms with van der Waals surface area (Å²) in [5.74, 6) is -0.568. The van der Waals surface area contributed by atoms with E-state index >= 15 is 0 Å². The van der Waals surface area contributed by atoms with Gasteiger partial charge in [-0.25, -0.2) is 9.36 Å². The fourth-order valence-electron chi connectivity index (χ4n) is 2.52. The molecule has 0 saturated carbocycles. The lowest BCUT2D eigenvalue weighted by atomic mass is 10.1. The second-order valence-corrected chi connectivity index (χ2v) is 6.29. The number of para-hydroxylation sites is 1. The average molecular weight is 343 g/mol. The monoisotopic (exact) mass is 343 g/mol. The van der Waals surface area contributed by atoms with E-state index in [0.29, 0.717) is 5.82 Å². The molecule has 3 rings (SSSR count). The number of nitrogens with one attached hydrogen (secondary N) is 1. The van der Waals surface area contributed by atoms with Crippen molar-refractivity contribution in [3.8, 4) is 10.7 Å². The number of benzene rings is 1. The van der Waals surface area contributed by atoms with Crippen LogP contribution in [0.1, 0.15) is 18.1 Å². The Labute approximate surface area is 142 Å². The minimum atomic E-state index is -0.644. The number of aromatic nitrogens is 2. The van der Waals surface area contributed by atoms with Crippen LogP contribution in [0.15, 0.2) is 45.0 Å². The molecule has 0 atom stereocenters. The van der Waals surface area contributed by atoms with E-state index in [1.807, 2.05) is 49.6 Å². The van der Waals surface area contributed by atoms with Crippen molar-refractivity contribution in [2.45, 2.75) is 26.8 Å². The Kier molecular flexibility index (Phi) is 4.61. The fourth-order valence-corrected chi connectivity index (χ4v) is 3.23. The van der Waals surface area contributed by atoms with Gasteiger partial charge < -0.3 is 5.32 Å². The summed E-state index contributed by atoms with van der Waals surface area (Å²) in [5, 5.41) is 8.55. The Bertz CT molecular complexity index is 910. The number of aryl methyl sites for hydroxylation is 2. The summed E-state index contributed by atoms with van der Waals surface area (Å²) in [5.41, 5.74) is 2.84. The molecule has 1 aromatic carbocycles. The molecule has 6 nitrogen and oxygen atoms in total. The molecule has 0 fully saturated rings. The molecule has 0 radical (unpaired) electrons. The molecule has 0 saturated heterocycles. The lowest BCUT2D eigenvalue weighted by Gasteiger charge is -2.13. The largest absolute Gasteiger partial charge is 0.442 e. The molecule has 3 aromatic rings. The predicted molar refractivity (Wildman–Crippen MR) is 93.3 cm³/mol. The van der Waals surface area contributed by atoms with E-state index in [2.05, 4.69) is 10.5 Å². The van der Waals surface area contributed by atoms with Gasteiger partial charge in [0.1, 0.15) is 6.54 Å². The van der Waals surface area contributed by atoms with Crippen molar-refractivity contribution in [3.05, 3.63) is 57.4 Å². The maximum absolute atomic E-state index is 12.4. The number of anilines is 1. The van der Waals surface area contributed by atoms with Gasteiger partial charge in [-0.3, -0.25) is 9.32 Å². The zero-order valence-electron chi connectivity index (χ0n) is 13.4. The molecule has 0 spiro atoms. The predicted octanol–water partition coefficient (Wildman–Crippen LogP) is 3.07. The highest BCUT2D eigenvalue weighted by molar-refractivity contribution is 7.13. The minimum absolute atomic E-state index is 0.146. The van der Waals surface area contributed by atoms with E-state index in [1.54, 1.807) is 0 Å². The first-order valence-electron chi connectivity index (χ1n) is 7.59. The maximum atomic E-state index is 12.4. The molecule has 0 unspecified atom stereocenters. The molecule has 2 aromatic heterocycles. The number of amides is 1. The second-order valence-electron chi connectivity index (χ2n) is 5.35. The van der Waals surface area contributed by atoms with Crippen molar-refractivity contribution in [1.29, 1.82) is 0 Å². The first kappa shape index (κ1) is 16.2. The van der Waals surface area contributed by atoms with E-state index < -0.39 is 5.76 Å². The van der Waals surface area contributed by atoms with Crippen molar-refractivity contribution in [2.75, 3.05) is 5.32 Å². The number of carbonyl (C=O) groups is 1. The van der Waals surface area contributed by atoms with E-state index in [0.717, 1.165) is 28.1 Å². The van der Waals surface area contributed by atoms with E-state index in [-0.39, 0.29) is 12.5 Å². The van der Waals surface area contributed by atoms with E-state index in [9.17, 15) is 9.59 Å². The molecule has 124 valence electrons. The zero-order chi connectivity index (χ0) is 17.1. The summed E-state index contributed by atoms with van der Waals surface area (Å²) >= 11 is 1.43. The summed E-state index contributed by atoms with van der Waals surface area (Å²) in [7, 11) is 0. The molecule has 0 aliphatic carbocycles. The van der Waals surface area contributed by atoms with Gasteiger partial charge in [0.05, 0.1) is 4.88 Å². The first-order chi connectivity index (χ1) is 11.6. The van der Waals surface area contributed by atoms with Crippen LogP contribution >= 0.6 is 11.3 Å². The summed E-state index contributed by atoms with van der Waals surface area (Å²) < 4.78 is 5.96. The van der Waals surface area contributed by atoms with Crippen LogP contribution in [-0.4, -0.2) is 15.6 Å². The number of carbonyl (C=O) groups excluding carboxylic acids is 1. The number of thiophene rings is 1. The maximum Gasteiger partial charge on any atom is 0.442 e. The Balaban J connectivity index is 1.85. The van der Waals surface area contributed by atoms with Gasteiger partial charge in [0.2, 0.25) is 5.91 Å². The molecule has 24 heavy (non-hydrogen) atoms. The van der Waals surface area contributed by atoms with Gasteiger partial charge in [-0.15, -0.1) is 11.3 Å². The molecule has 1 N–H and O–H groups in total. The van der Waals surface area contributed by atoms with Crippen LogP contribution in [0.25, 0.3) is 10.7 Å². The SMILES string of the molecule is CCc1cccc(C)c1NC(=O)Cn1c(-c2cccs2)noc1=O. The molecule has 0 bridgehead atoms. The third-order valence-corrected chi connectivity index (χ3v) is 4.60. The van der Waals surface area contributed by atoms with Crippen molar-refractivity contribution in [1.82, 2.24) is 9.72 Å². The van der Waals surface area contributed by atoms with Crippen LogP contribution in [0, 0.1) is 6.92 Å². The Hall–Kier alpha value is -2.67. The smallest absolute Gasteiger partial charge is 0.324 e. The first-order valence-corrected chi connectivity index (χ1v) is 8.47. The van der Waals surface area contributed by atoms with Gasteiger partial charge in [-0.2, -0.15) is 0 Å². The summed E-state index contributed by atoms with van der Waals surface area (Å²) in [6, 6.07) is 9.56. The molecule has 1 amide bonds. The molecule has 7 heteroatoms. The molecule has 0 aliphatic rings. The van der Waals surface area contributed by atoms with Crippen LogP contribution in [-0.2, 0) is 17.8 Å². The Morgan fingerprint density at radius 3 is 2.88 bits per heavy atom. The molecule has 0 aliphatic heterocycles. The van der Waals surface area contributed by atoms with Crippen LogP contribution in [0.3, 0.4) is 0 Å². The van der Waals surface area contributed by atoms with Gasteiger partial charge in [-0.1, -0.05) is 36.3 Å². The Morgan fingerprint density at radius 1 is 1.33 bits per heavy atom. The lowest BCUT2D eigenvalue weighted by Crippen LogP contribution is -2.26. The second kappa shape index (κ2) is 6.84. The van der Waals surface area contributed by atoms with Gasteiger partial charge in [-0.05, 0) is 35.9 Å². The minimum Gasteiger partial charge on any atom is -0.324 e. The van der Waals surface area contributed by atoms with Crippen LogP contribution in [0.4, 0.5) is 5.69 Å². The summed E-state index contributed by atoms with van der Waals surface area (Å²) in [6.07, 6.45) is 0.810. The average Bonchev–Trinajstić information content (AvgIpc) is 3.20. The zero-order valence-corrected chi connectivity index (χ0v) is 14.2. The molecule has 2 heterocycles. The summed E-state index contributed by atoms with van der Waals surface area (Å²) in [6.45, 7) is 3.83.